The minimum absolute atomic E-state index is 0.00474. The van der Waals surface area contributed by atoms with Crippen LogP contribution in [0.15, 0.2) is 42.5 Å². The first kappa shape index (κ1) is 15.9. The maximum absolute atomic E-state index is 11.3. The Balaban J connectivity index is 2.16. The standard InChI is InChI=1S/C17H17N3O4/c1-11(21)17-18-14-5-3-4-6-16(14)19(17)10-12-9-13(24-2)7-8-15(12)20(22)23/h3-9,11,21H,10H2,1-2H3. The van der Waals surface area contributed by atoms with Crippen molar-refractivity contribution in [1.82, 2.24) is 9.55 Å². The Hall–Kier alpha value is -2.93. The smallest absolute Gasteiger partial charge is 0.274 e. The number of aliphatic hydroxyl groups is 1. The first-order chi connectivity index (χ1) is 11.5. The van der Waals surface area contributed by atoms with Gasteiger partial charge < -0.3 is 14.4 Å². The van der Waals surface area contributed by atoms with E-state index in [4.69, 9.17) is 4.74 Å². The molecule has 0 saturated carbocycles. The fourth-order valence-electron chi connectivity index (χ4n) is 2.74. The van der Waals surface area contributed by atoms with E-state index in [1.807, 2.05) is 24.3 Å². The summed E-state index contributed by atoms with van der Waals surface area (Å²) in [6, 6.07) is 12.1. The molecule has 0 fully saturated rings. The molecule has 3 aromatic rings. The largest absolute Gasteiger partial charge is 0.497 e. The second-order valence-corrected chi connectivity index (χ2v) is 5.47. The van der Waals surface area contributed by atoms with Gasteiger partial charge >= 0.3 is 0 Å². The van der Waals surface area contributed by atoms with Crippen LogP contribution in [0.4, 0.5) is 5.69 Å². The summed E-state index contributed by atoms with van der Waals surface area (Å²) in [7, 11) is 1.51. The number of benzene rings is 2. The third-order valence-corrected chi connectivity index (χ3v) is 3.87. The second-order valence-electron chi connectivity index (χ2n) is 5.47. The number of imidazole rings is 1. The molecular weight excluding hydrogens is 310 g/mol. The zero-order valence-electron chi connectivity index (χ0n) is 13.3. The molecule has 0 amide bonds. The maximum atomic E-state index is 11.3. The van der Waals surface area contributed by atoms with Gasteiger partial charge in [-0.2, -0.15) is 0 Å². The first-order valence-corrected chi connectivity index (χ1v) is 7.45. The van der Waals surface area contributed by atoms with Crippen molar-refractivity contribution in [2.24, 2.45) is 0 Å². The molecule has 1 aromatic heterocycles. The number of rotatable bonds is 5. The molecule has 1 N–H and O–H groups in total. The zero-order valence-corrected chi connectivity index (χ0v) is 13.3. The molecule has 124 valence electrons. The van der Waals surface area contributed by atoms with Gasteiger partial charge in [0.2, 0.25) is 0 Å². The van der Waals surface area contributed by atoms with Crippen molar-refractivity contribution in [1.29, 1.82) is 0 Å². The molecule has 0 aliphatic heterocycles. The topological polar surface area (TPSA) is 90.4 Å². The van der Waals surface area contributed by atoms with E-state index in [0.717, 1.165) is 11.0 Å². The monoisotopic (exact) mass is 327 g/mol. The highest BCUT2D eigenvalue weighted by molar-refractivity contribution is 5.76. The Morgan fingerprint density at radius 3 is 2.75 bits per heavy atom. The van der Waals surface area contributed by atoms with Gasteiger partial charge in [0.25, 0.3) is 5.69 Å². The van der Waals surface area contributed by atoms with Crippen LogP contribution in [0.2, 0.25) is 0 Å². The highest BCUT2D eigenvalue weighted by Gasteiger charge is 2.20. The highest BCUT2D eigenvalue weighted by Crippen LogP contribution is 2.28. The molecule has 1 unspecified atom stereocenters. The third-order valence-electron chi connectivity index (χ3n) is 3.87. The Morgan fingerprint density at radius 1 is 1.33 bits per heavy atom. The number of hydrogen-bond donors (Lipinski definition) is 1. The van der Waals surface area contributed by atoms with Crippen LogP contribution in [-0.2, 0) is 6.54 Å². The predicted octanol–water partition coefficient (Wildman–Crippen LogP) is 3.05. The average Bonchev–Trinajstić information content (AvgIpc) is 2.93. The summed E-state index contributed by atoms with van der Waals surface area (Å²) in [4.78, 5) is 15.3. The van der Waals surface area contributed by atoms with Gasteiger partial charge in [-0.15, -0.1) is 0 Å². The van der Waals surface area contributed by atoms with Gasteiger partial charge in [0, 0.05) is 6.07 Å². The molecule has 0 aliphatic rings. The number of methoxy groups -OCH3 is 1. The first-order valence-electron chi connectivity index (χ1n) is 7.45. The number of ether oxygens (including phenoxy) is 1. The molecule has 0 bridgehead atoms. The van der Waals surface area contributed by atoms with E-state index < -0.39 is 11.0 Å². The molecule has 7 nitrogen and oxygen atoms in total. The summed E-state index contributed by atoms with van der Waals surface area (Å²) in [5.74, 6) is 1.01. The molecule has 0 radical (unpaired) electrons. The van der Waals surface area contributed by atoms with Crippen LogP contribution in [0.3, 0.4) is 0 Å². The van der Waals surface area contributed by atoms with Gasteiger partial charge in [-0.05, 0) is 31.2 Å². The Labute approximate surface area is 138 Å². The normalized spacial score (nSPS) is 12.3. The molecule has 3 rings (SSSR count). The van der Waals surface area contributed by atoms with E-state index in [1.165, 1.54) is 13.2 Å². The Bertz CT molecular complexity index is 902. The second kappa shape index (κ2) is 6.29. The number of aliphatic hydroxyl groups excluding tert-OH is 1. The quantitative estimate of drug-likeness (QED) is 0.574. The lowest BCUT2D eigenvalue weighted by atomic mass is 10.1. The summed E-state index contributed by atoms with van der Waals surface area (Å²) in [5.41, 5.74) is 2.04. The van der Waals surface area contributed by atoms with Crippen LogP contribution in [0.5, 0.6) is 5.75 Å². The van der Waals surface area contributed by atoms with Crippen molar-refractivity contribution in [2.75, 3.05) is 7.11 Å². The predicted molar refractivity (Wildman–Crippen MR) is 89.1 cm³/mol. The molecule has 24 heavy (non-hydrogen) atoms. The Morgan fingerprint density at radius 2 is 2.08 bits per heavy atom. The number of para-hydroxylation sites is 2. The highest BCUT2D eigenvalue weighted by atomic mass is 16.6. The van der Waals surface area contributed by atoms with Gasteiger partial charge in [-0.1, -0.05) is 12.1 Å². The average molecular weight is 327 g/mol. The molecular formula is C17H17N3O4. The van der Waals surface area contributed by atoms with Crippen LogP contribution < -0.4 is 4.74 Å². The summed E-state index contributed by atoms with van der Waals surface area (Å²) >= 11 is 0. The lowest BCUT2D eigenvalue weighted by Crippen LogP contribution is -2.09. The van der Waals surface area contributed by atoms with Gasteiger partial charge in [0.15, 0.2) is 0 Å². The van der Waals surface area contributed by atoms with Crippen molar-refractivity contribution < 1.29 is 14.8 Å². The lowest BCUT2D eigenvalue weighted by Gasteiger charge is -2.12. The number of nitro benzene ring substituents is 1. The van der Waals surface area contributed by atoms with Gasteiger partial charge in [0.1, 0.15) is 17.7 Å². The SMILES string of the molecule is COc1ccc([N+](=O)[O-])c(Cn2c(C(C)O)nc3ccccc32)c1. The van der Waals surface area contributed by atoms with Crippen LogP contribution in [0, 0.1) is 10.1 Å². The summed E-state index contributed by atoms with van der Waals surface area (Å²) in [6.45, 7) is 1.84. The van der Waals surface area contributed by atoms with Gasteiger partial charge in [0.05, 0.1) is 35.2 Å². The summed E-state index contributed by atoms with van der Waals surface area (Å²) in [6.07, 6.45) is -0.790. The molecule has 0 saturated heterocycles. The molecule has 0 spiro atoms. The van der Waals surface area contributed by atoms with Gasteiger partial charge in [-0.25, -0.2) is 4.98 Å². The van der Waals surface area contributed by atoms with Crippen LogP contribution in [0.1, 0.15) is 24.4 Å². The number of hydrogen-bond acceptors (Lipinski definition) is 5. The van der Waals surface area contributed by atoms with Crippen molar-refractivity contribution in [3.63, 3.8) is 0 Å². The van der Waals surface area contributed by atoms with Crippen LogP contribution >= 0.6 is 0 Å². The summed E-state index contributed by atoms with van der Waals surface area (Å²) in [5, 5.41) is 21.3. The minimum atomic E-state index is -0.790. The van der Waals surface area contributed by atoms with E-state index in [2.05, 4.69) is 4.98 Å². The lowest BCUT2D eigenvalue weighted by molar-refractivity contribution is -0.385. The molecule has 1 atom stereocenters. The number of aromatic nitrogens is 2. The maximum Gasteiger partial charge on any atom is 0.274 e. The van der Waals surface area contributed by atoms with Gasteiger partial charge in [-0.3, -0.25) is 10.1 Å². The summed E-state index contributed by atoms with van der Waals surface area (Å²) < 4.78 is 6.97. The van der Waals surface area contributed by atoms with E-state index in [1.54, 1.807) is 23.6 Å². The Kier molecular flexibility index (Phi) is 4.18. The number of nitro groups is 1. The van der Waals surface area contributed by atoms with Crippen LogP contribution in [0.25, 0.3) is 11.0 Å². The van der Waals surface area contributed by atoms with E-state index in [0.29, 0.717) is 17.1 Å². The minimum Gasteiger partial charge on any atom is -0.497 e. The van der Waals surface area contributed by atoms with E-state index in [9.17, 15) is 15.2 Å². The third kappa shape index (κ3) is 2.81. The fraction of sp³-hybridized carbons (Fsp3) is 0.235. The zero-order chi connectivity index (χ0) is 17.3. The van der Waals surface area contributed by atoms with Crippen molar-refractivity contribution >= 4 is 16.7 Å². The number of nitrogens with zero attached hydrogens (tertiary/aromatic N) is 3. The fourth-order valence-corrected chi connectivity index (χ4v) is 2.74. The molecule has 0 aliphatic carbocycles. The van der Waals surface area contributed by atoms with E-state index >= 15 is 0 Å². The van der Waals surface area contributed by atoms with Crippen LogP contribution in [-0.4, -0.2) is 26.7 Å². The van der Waals surface area contributed by atoms with Crippen molar-refractivity contribution in [3.8, 4) is 5.75 Å². The van der Waals surface area contributed by atoms with Crippen molar-refractivity contribution in [3.05, 3.63) is 64.0 Å². The molecule has 2 aromatic carbocycles. The number of fused-ring (bicyclic) bond motifs is 1. The van der Waals surface area contributed by atoms with Crippen molar-refractivity contribution in [2.45, 2.75) is 19.6 Å². The molecule has 7 heteroatoms. The van der Waals surface area contributed by atoms with E-state index in [-0.39, 0.29) is 12.2 Å². The molecule has 1 heterocycles.